The zero-order chi connectivity index (χ0) is 19.7. The highest BCUT2D eigenvalue weighted by Crippen LogP contribution is 2.53. The highest BCUT2D eigenvalue weighted by Gasteiger charge is 2.52. The lowest BCUT2D eigenvalue weighted by molar-refractivity contribution is 0.0485. The second-order valence-electron chi connectivity index (χ2n) is 6.12. The quantitative estimate of drug-likeness (QED) is 0.533. The van der Waals surface area contributed by atoms with Crippen LogP contribution in [0.2, 0.25) is 0 Å². The van der Waals surface area contributed by atoms with E-state index in [2.05, 4.69) is 4.72 Å². The average molecular weight is 430 g/mol. The van der Waals surface area contributed by atoms with Crippen molar-refractivity contribution in [2.45, 2.75) is 15.6 Å². The molecule has 0 bridgehead atoms. The van der Waals surface area contributed by atoms with Gasteiger partial charge in [-0.1, -0.05) is 6.07 Å². The fraction of sp³-hybridized carbons (Fsp3) is 0.278. The number of methoxy groups -OCH3 is 1. The zero-order valence-electron chi connectivity index (χ0n) is 14.3. The maximum Gasteiger partial charge on any atom is 0.338 e. The fourth-order valence-corrected chi connectivity index (χ4v) is 3.98. The number of carbonyl (C=O) groups excluding carboxylic acids is 1. The summed E-state index contributed by atoms with van der Waals surface area (Å²) >= 11 is 11.8. The smallest absolute Gasteiger partial charge is 0.338 e. The van der Waals surface area contributed by atoms with Gasteiger partial charge in [-0.25, -0.2) is 13.2 Å². The van der Waals surface area contributed by atoms with Crippen LogP contribution in [0.4, 0.5) is 5.69 Å². The van der Waals surface area contributed by atoms with E-state index in [9.17, 15) is 13.2 Å². The molecule has 1 N–H and O–H groups in total. The van der Waals surface area contributed by atoms with Gasteiger partial charge in [-0.3, -0.25) is 4.72 Å². The SMILES string of the molecule is COc1ccc(NS(=O)(=O)c2cccc(C(=O)OCC3CC3(Cl)Cl)c2)cc1. The van der Waals surface area contributed by atoms with Crippen molar-refractivity contribution in [2.75, 3.05) is 18.4 Å². The highest BCUT2D eigenvalue weighted by atomic mass is 35.5. The molecule has 0 amide bonds. The van der Waals surface area contributed by atoms with E-state index in [1.54, 1.807) is 24.3 Å². The largest absolute Gasteiger partial charge is 0.497 e. The molecule has 1 aliphatic carbocycles. The summed E-state index contributed by atoms with van der Waals surface area (Å²) < 4.78 is 36.9. The van der Waals surface area contributed by atoms with Crippen molar-refractivity contribution in [1.82, 2.24) is 0 Å². The van der Waals surface area contributed by atoms with E-state index in [0.29, 0.717) is 17.9 Å². The first-order valence-corrected chi connectivity index (χ1v) is 10.3. The Morgan fingerprint density at radius 1 is 1.22 bits per heavy atom. The first kappa shape index (κ1) is 19.8. The molecule has 2 aromatic rings. The number of benzene rings is 2. The molecule has 6 nitrogen and oxygen atoms in total. The molecule has 0 spiro atoms. The van der Waals surface area contributed by atoms with Crippen LogP contribution in [0.5, 0.6) is 5.75 Å². The minimum Gasteiger partial charge on any atom is -0.497 e. The van der Waals surface area contributed by atoms with Crippen molar-refractivity contribution in [3.05, 3.63) is 54.1 Å². The van der Waals surface area contributed by atoms with Crippen LogP contribution in [0.25, 0.3) is 0 Å². The van der Waals surface area contributed by atoms with Gasteiger partial charge in [0.2, 0.25) is 0 Å². The van der Waals surface area contributed by atoms with Crippen molar-refractivity contribution < 1.29 is 22.7 Å². The molecular weight excluding hydrogens is 413 g/mol. The van der Waals surface area contributed by atoms with Crippen molar-refractivity contribution in [1.29, 1.82) is 0 Å². The summed E-state index contributed by atoms with van der Waals surface area (Å²) in [5.41, 5.74) is 0.501. The van der Waals surface area contributed by atoms with Gasteiger partial charge in [0.25, 0.3) is 10.0 Å². The maximum absolute atomic E-state index is 12.6. The lowest BCUT2D eigenvalue weighted by atomic mass is 10.2. The second kappa shape index (κ2) is 7.58. The van der Waals surface area contributed by atoms with Crippen LogP contribution in [0.1, 0.15) is 16.8 Å². The number of carbonyl (C=O) groups is 1. The fourth-order valence-electron chi connectivity index (χ4n) is 2.37. The molecule has 9 heteroatoms. The van der Waals surface area contributed by atoms with Gasteiger partial charge in [0.1, 0.15) is 10.1 Å². The Morgan fingerprint density at radius 2 is 1.89 bits per heavy atom. The number of hydrogen-bond acceptors (Lipinski definition) is 5. The van der Waals surface area contributed by atoms with Crippen LogP contribution in [-0.4, -0.2) is 32.4 Å². The lowest BCUT2D eigenvalue weighted by Crippen LogP contribution is -2.15. The molecule has 0 saturated heterocycles. The predicted molar refractivity (Wildman–Crippen MR) is 103 cm³/mol. The monoisotopic (exact) mass is 429 g/mol. The summed E-state index contributed by atoms with van der Waals surface area (Å²) in [4.78, 5) is 12.1. The van der Waals surface area contributed by atoms with E-state index in [4.69, 9.17) is 32.7 Å². The van der Waals surface area contributed by atoms with Crippen molar-refractivity contribution in [3.8, 4) is 5.75 Å². The summed E-state index contributed by atoms with van der Waals surface area (Å²) in [6.45, 7) is 0.0902. The molecule has 2 aromatic carbocycles. The van der Waals surface area contributed by atoms with Crippen LogP contribution >= 0.6 is 23.2 Å². The topological polar surface area (TPSA) is 81.7 Å². The molecular formula is C18H17Cl2NO5S. The number of hydrogen-bond donors (Lipinski definition) is 1. The van der Waals surface area contributed by atoms with Gasteiger partial charge in [0.05, 0.1) is 24.2 Å². The number of nitrogens with one attached hydrogen (secondary N) is 1. The summed E-state index contributed by atoms with van der Waals surface area (Å²) in [7, 11) is -2.35. The average Bonchev–Trinajstić information content (AvgIpc) is 3.27. The van der Waals surface area contributed by atoms with Gasteiger partial charge >= 0.3 is 5.97 Å². The standard InChI is InChI=1S/C18H17Cl2NO5S/c1-25-15-7-5-14(6-8-15)21-27(23,24)16-4-2-3-12(9-16)17(22)26-11-13-10-18(13,19)20/h2-9,13,21H,10-11H2,1H3. The molecule has 0 aromatic heterocycles. The maximum atomic E-state index is 12.6. The molecule has 1 aliphatic rings. The summed E-state index contributed by atoms with van der Waals surface area (Å²) in [6, 6.07) is 12.0. The molecule has 0 aliphatic heterocycles. The third-order valence-corrected chi connectivity index (χ3v) is 6.40. The van der Waals surface area contributed by atoms with E-state index >= 15 is 0 Å². The number of rotatable bonds is 7. The van der Waals surface area contributed by atoms with E-state index in [0.717, 1.165) is 0 Å². The van der Waals surface area contributed by atoms with Crippen LogP contribution < -0.4 is 9.46 Å². The lowest BCUT2D eigenvalue weighted by Gasteiger charge is -2.10. The number of halogens is 2. The van der Waals surface area contributed by atoms with Gasteiger partial charge in [0.15, 0.2) is 0 Å². The minimum absolute atomic E-state index is 0.0526. The van der Waals surface area contributed by atoms with Crippen LogP contribution in [-0.2, 0) is 14.8 Å². The van der Waals surface area contributed by atoms with Crippen molar-refractivity contribution in [2.24, 2.45) is 5.92 Å². The van der Waals surface area contributed by atoms with E-state index < -0.39 is 20.3 Å². The molecule has 1 saturated carbocycles. The van der Waals surface area contributed by atoms with E-state index in [-0.39, 0.29) is 23.0 Å². The van der Waals surface area contributed by atoms with Crippen molar-refractivity contribution >= 4 is 44.9 Å². The van der Waals surface area contributed by atoms with Crippen LogP contribution in [0.15, 0.2) is 53.4 Å². The Balaban J connectivity index is 1.70. The van der Waals surface area contributed by atoms with Gasteiger partial charge in [-0.05, 0) is 48.9 Å². The number of sulfonamides is 1. The van der Waals surface area contributed by atoms with Gasteiger partial charge in [-0.2, -0.15) is 0 Å². The van der Waals surface area contributed by atoms with Gasteiger partial charge in [0, 0.05) is 11.6 Å². The Morgan fingerprint density at radius 3 is 2.48 bits per heavy atom. The molecule has 27 heavy (non-hydrogen) atoms. The Hall–Kier alpha value is -1.96. The highest BCUT2D eigenvalue weighted by molar-refractivity contribution is 7.92. The van der Waals surface area contributed by atoms with Crippen LogP contribution in [0.3, 0.4) is 0 Å². The predicted octanol–water partition coefficient (Wildman–Crippen LogP) is 3.85. The number of esters is 1. The Bertz CT molecular complexity index is 944. The molecule has 1 fully saturated rings. The van der Waals surface area contributed by atoms with E-state index in [1.165, 1.54) is 31.4 Å². The Kier molecular flexibility index (Phi) is 5.55. The summed E-state index contributed by atoms with van der Waals surface area (Å²) in [6.07, 6.45) is 0.559. The Labute approximate surface area is 167 Å². The van der Waals surface area contributed by atoms with Crippen molar-refractivity contribution in [3.63, 3.8) is 0 Å². The molecule has 1 unspecified atom stereocenters. The first-order valence-electron chi connectivity index (χ1n) is 8.03. The minimum atomic E-state index is -3.87. The third kappa shape index (κ3) is 4.86. The van der Waals surface area contributed by atoms with Gasteiger partial charge in [-0.15, -0.1) is 23.2 Å². The molecule has 1 atom stereocenters. The molecule has 0 radical (unpaired) electrons. The molecule has 0 heterocycles. The normalized spacial score (nSPS) is 17.8. The number of ether oxygens (including phenoxy) is 2. The number of alkyl halides is 2. The number of anilines is 1. The van der Waals surface area contributed by atoms with Gasteiger partial charge < -0.3 is 9.47 Å². The molecule has 144 valence electrons. The molecule has 3 rings (SSSR count). The summed E-state index contributed by atoms with van der Waals surface area (Å²) in [5.74, 6) is -0.128. The third-order valence-electron chi connectivity index (χ3n) is 4.09. The zero-order valence-corrected chi connectivity index (χ0v) is 16.6. The first-order chi connectivity index (χ1) is 12.7. The van der Waals surface area contributed by atoms with Crippen LogP contribution in [0, 0.1) is 5.92 Å². The summed E-state index contributed by atoms with van der Waals surface area (Å²) in [5, 5.41) is 0. The second-order valence-corrected chi connectivity index (χ2v) is 9.35. The van der Waals surface area contributed by atoms with E-state index in [1.807, 2.05) is 0 Å².